The van der Waals surface area contributed by atoms with Gasteiger partial charge in [0, 0.05) is 31.5 Å². The zero-order chi connectivity index (χ0) is 18.4. The summed E-state index contributed by atoms with van der Waals surface area (Å²) in [6.07, 6.45) is 6.31. The van der Waals surface area contributed by atoms with Crippen molar-refractivity contribution in [1.29, 1.82) is 0 Å². The van der Waals surface area contributed by atoms with Gasteiger partial charge in [-0.15, -0.1) is 0 Å². The molecule has 0 aliphatic heterocycles. The molecule has 2 aromatic heterocycles. The summed E-state index contributed by atoms with van der Waals surface area (Å²) in [5.74, 6) is 1.12. The molecule has 0 aliphatic rings. The van der Waals surface area contributed by atoms with Crippen LogP contribution in [0, 0.1) is 0 Å². The first-order chi connectivity index (χ1) is 12.6. The largest absolute Gasteiger partial charge is 0.366 e. The van der Waals surface area contributed by atoms with Crippen molar-refractivity contribution in [2.24, 2.45) is 7.05 Å². The zero-order valence-corrected chi connectivity index (χ0v) is 14.3. The molecule has 8 heteroatoms. The van der Waals surface area contributed by atoms with E-state index < -0.39 is 0 Å². The van der Waals surface area contributed by atoms with E-state index in [0.29, 0.717) is 18.2 Å². The number of benzene rings is 1. The normalized spacial score (nSPS) is 10.2. The summed E-state index contributed by atoms with van der Waals surface area (Å²) in [6.45, 7) is 4.00. The van der Waals surface area contributed by atoms with E-state index in [1.165, 1.54) is 12.4 Å². The molecule has 2 heterocycles. The van der Waals surface area contributed by atoms with E-state index in [9.17, 15) is 4.79 Å². The minimum absolute atomic E-state index is 0.239. The molecule has 0 fully saturated rings. The summed E-state index contributed by atoms with van der Waals surface area (Å²) in [5, 5.41) is 13.3. The molecule has 0 spiro atoms. The number of rotatable bonds is 7. The van der Waals surface area contributed by atoms with E-state index in [-0.39, 0.29) is 5.91 Å². The lowest BCUT2D eigenvalue weighted by Gasteiger charge is -2.09. The fourth-order valence-electron chi connectivity index (χ4n) is 2.30. The van der Waals surface area contributed by atoms with Gasteiger partial charge in [0.2, 0.25) is 5.91 Å². The van der Waals surface area contributed by atoms with E-state index in [4.69, 9.17) is 0 Å². The lowest BCUT2D eigenvalue weighted by Crippen LogP contribution is -2.08. The van der Waals surface area contributed by atoms with Gasteiger partial charge in [-0.3, -0.25) is 9.48 Å². The number of aromatic nitrogens is 4. The molecule has 3 aromatic rings. The third-order valence-corrected chi connectivity index (χ3v) is 3.50. The Bertz CT molecular complexity index is 919. The summed E-state index contributed by atoms with van der Waals surface area (Å²) in [6, 6.07) is 9.38. The Hall–Kier alpha value is -3.68. The minimum atomic E-state index is -0.239. The van der Waals surface area contributed by atoms with Gasteiger partial charge in [0.1, 0.15) is 18.0 Å². The lowest BCUT2D eigenvalue weighted by molar-refractivity contribution is -0.111. The number of amides is 1. The fraction of sp³-hybridized carbons (Fsp3) is 0.111. The first-order valence-electron chi connectivity index (χ1n) is 7.96. The van der Waals surface area contributed by atoms with Crippen LogP contribution in [0.5, 0.6) is 0 Å². The van der Waals surface area contributed by atoms with Crippen LogP contribution >= 0.6 is 0 Å². The topological polar surface area (TPSA) is 96.8 Å². The molecule has 8 nitrogen and oxygen atoms in total. The van der Waals surface area contributed by atoms with Crippen molar-refractivity contribution in [3.05, 3.63) is 67.3 Å². The number of aryl methyl sites for hydroxylation is 1. The van der Waals surface area contributed by atoms with Crippen molar-refractivity contribution >= 4 is 28.9 Å². The highest BCUT2D eigenvalue weighted by Gasteiger charge is 2.03. The summed E-state index contributed by atoms with van der Waals surface area (Å²) in [7, 11) is 1.85. The van der Waals surface area contributed by atoms with E-state index in [1.807, 2.05) is 43.6 Å². The molecule has 0 saturated heterocycles. The predicted molar refractivity (Wildman–Crippen MR) is 101 cm³/mol. The van der Waals surface area contributed by atoms with Crippen molar-refractivity contribution in [2.45, 2.75) is 6.54 Å². The molecule has 0 atom stereocenters. The molecular formula is C18H19N7O. The summed E-state index contributed by atoms with van der Waals surface area (Å²) < 4.78 is 1.71. The minimum Gasteiger partial charge on any atom is -0.366 e. The SMILES string of the molecule is C=CC(=O)Nc1cccc(CNc2cc(Nc3cnn(C)c3)ncn2)c1. The van der Waals surface area contributed by atoms with Gasteiger partial charge in [0.05, 0.1) is 11.9 Å². The van der Waals surface area contributed by atoms with Crippen molar-refractivity contribution in [2.75, 3.05) is 16.0 Å². The van der Waals surface area contributed by atoms with Crippen molar-refractivity contribution in [1.82, 2.24) is 19.7 Å². The van der Waals surface area contributed by atoms with Gasteiger partial charge >= 0.3 is 0 Å². The number of carbonyl (C=O) groups is 1. The van der Waals surface area contributed by atoms with E-state index >= 15 is 0 Å². The highest BCUT2D eigenvalue weighted by Crippen LogP contribution is 2.16. The Morgan fingerprint density at radius 1 is 1.23 bits per heavy atom. The van der Waals surface area contributed by atoms with Gasteiger partial charge in [-0.2, -0.15) is 5.10 Å². The fourth-order valence-corrected chi connectivity index (χ4v) is 2.30. The van der Waals surface area contributed by atoms with Crippen LogP contribution in [0.2, 0.25) is 0 Å². The highest BCUT2D eigenvalue weighted by atomic mass is 16.1. The van der Waals surface area contributed by atoms with Crippen molar-refractivity contribution < 1.29 is 4.79 Å². The van der Waals surface area contributed by atoms with Crippen LogP contribution in [-0.4, -0.2) is 25.7 Å². The van der Waals surface area contributed by atoms with Gasteiger partial charge in [0.15, 0.2) is 0 Å². The van der Waals surface area contributed by atoms with Crippen LogP contribution in [0.4, 0.5) is 23.0 Å². The van der Waals surface area contributed by atoms with E-state index in [1.54, 1.807) is 10.9 Å². The highest BCUT2D eigenvalue weighted by molar-refractivity contribution is 5.98. The third-order valence-electron chi connectivity index (χ3n) is 3.50. The van der Waals surface area contributed by atoms with Gasteiger partial charge in [-0.05, 0) is 23.8 Å². The second-order valence-corrected chi connectivity index (χ2v) is 5.56. The zero-order valence-electron chi connectivity index (χ0n) is 14.3. The van der Waals surface area contributed by atoms with Gasteiger partial charge in [0.25, 0.3) is 0 Å². The van der Waals surface area contributed by atoms with Crippen LogP contribution in [0.1, 0.15) is 5.56 Å². The monoisotopic (exact) mass is 349 g/mol. The second kappa shape index (κ2) is 7.93. The first kappa shape index (κ1) is 17.2. The summed E-state index contributed by atoms with van der Waals surface area (Å²) in [5.41, 5.74) is 2.57. The molecule has 1 aromatic carbocycles. The van der Waals surface area contributed by atoms with Crippen LogP contribution < -0.4 is 16.0 Å². The second-order valence-electron chi connectivity index (χ2n) is 5.56. The molecule has 3 rings (SSSR count). The average molecular weight is 349 g/mol. The molecule has 0 saturated carbocycles. The Morgan fingerprint density at radius 3 is 2.85 bits per heavy atom. The Labute approximate surface area is 151 Å². The number of hydrogen-bond acceptors (Lipinski definition) is 6. The number of anilines is 4. The van der Waals surface area contributed by atoms with Crippen LogP contribution in [-0.2, 0) is 18.4 Å². The third kappa shape index (κ3) is 4.67. The smallest absolute Gasteiger partial charge is 0.247 e. The van der Waals surface area contributed by atoms with Crippen molar-refractivity contribution in [3.63, 3.8) is 0 Å². The Morgan fingerprint density at radius 2 is 2.08 bits per heavy atom. The Kier molecular flexibility index (Phi) is 5.23. The lowest BCUT2D eigenvalue weighted by atomic mass is 10.2. The molecule has 3 N–H and O–H groups in total. The Balaban J connectivity index is 1.62. The maximum absolute atomic E-state index is 11.4. The van der Waals surface area contributed by atoms with Crippen LogP contribution in [0.15, 0.2) is 61.7 Å². The molecular weight excluding hydrogens is 330 g/mol. The number of carbonyl (C=O) groups excluding carboxylic acids is 1. The average Bonchev–Trinajstić information content (AvgIpc) is 3.05. The standard InChI is InChI=1S/C18H19N7O/c1-3-18(26)24-14-6-4-5-13(7-14)9-19-16-8-17(21-12-20-16)23-15-10-22-25(2)11-15/h3-8,10-12H,1,9H2,2H3,(H,24,26)(H2,19,20,21,23). The molecule has 132 valence electrons. The van der Waals surface area contributed by atoms with E-state index in [2.05, 4.69) is 37.6 Å². The summed E-state index contributed by atoms with van der Waals surface area (Å²) >= 11 is 0. The predicted octanol–water partition coefficient (Wildman–Crippen LogP) is 2.69. The molecule has 0 radical (unpaired) electrons. The van der Waals surface area contributed by atoms with Gasteiger partial charge < -0.3 is 16.0 Å². The molecule has 1 amide bonds. The summed E-state index contributed by atoms with van der Waals surface area (Å²) in [4.78, 5) is 19.8. The number of nitrogens with zero attached hydrogens (tertiary/aromatic N) is 4. The van der Waals surface area contributed by atoms with Crippen molar-refractivity contribution in [3.8, 4) is 0 Å². The van der Waals surface area contributed by atoms with Gasteiger partial charge in [-0.1, -0.05) is 18.7 Å². The van der Waals surface area contributed by atoms with Crippen LogP contribution in [0.25, 0.3) is 0 Å². The first-order valence-corrected chi connectivity index (χ1v) is 7.96. The molecule has 0 unspecified atom stereocenters. The van der Waals surface area contributed by atoms with Crippen LogP contribution in [0.3, 0.4) is 0 Å². The molecule has 0 bridgehead atoms. The maximum atomic E-state index is 11.4. The molecule has 0 aliphatic carbocycles. The molecule has 26 heavy (non-hydrogen) atoms. The maximum Gasteiger partial charge on any atom is 0.247 e. The quantitative estimate of drug-likeness (QED) is 0.568. The number of hydrogen-bond donors (Lipinski definition) is 3. The number of nitrogens with one attached hydrogen (secondary N) is 3. The van der Waals surface area contributed by atoms with E-state index in [0.717, 1.165) is 16.9 Å². The van der Waals surface area contributed by atoms with Gasteiger partial charge in [-0.25, -0.2) is 9.97 Å².